The number of benzene rings is 2. The quantitative estimate of drug-likeness (QED) is 0.509. The van der Waals surface area contributed by atoms with Crippen molar-refractivity contribution in [2.24, 2.45) is 0 Å². The summed E-state index contributed by atoms with van der Waals surface area (Å²) in [6.07, 6.45) is 0.805. The zero-order valence-corrected chi connectivity index (χ0v) is 19.5. The van der Waals surface area contributed by atoms with Crippen LogP contribution in [-0.2, 0) is 17.9 Å². The van der Waals surface area contributed by atoms with Gasteiger partial charge in [0.2, 0.25) is 5.91 Å². The second-order valence-electron chi connectivity index (χ2n) is 7.81. The first-order valence-corrected chi connectivity index (χ1v) is 10.8. The Bertz CT molecular complexity index is 1140. The van der Waals surface area contributed by atoms with Crippen molar-refractivity contribution in [2.45, 2.75) is 26.4 Å². The number of hydrogen-bond donors (Lipinski definition) is 0. The number of nitrogens with zero attached hydrogens (tertiary/aromatic N) is 4. The highest BCUT2D eigenvalue weighted by Crippen LogP contribution is 2.23. The molecule has 0 saturated carbocycles. The molecule has 0 radical (unpaired) electrons. The van der Waals surface area contributed by atoms with Gasteiger partial charge in [-0.1, -0.05) is 47.5 Å². The molecule has 0 atom stereocenters. The van der Waals surface area contributed by atoms with Crippen LogP contribution >= 0.6 is 23.2 Å². The maximum atomic E-state index is 13.2. The Balaban J connectivity index is 1.85. The molecule has 2 aromatic carbocycles. The molecule has 0 bridgehead atoms. The number of carbonyl (C=O) groups is 1. The van der Waals surface area contributed by atoms with Crippen molar-refractivity contribution in [1.29, 1.82) is 0 Å². The summed E-state index contributed by atoms with van der Waals surface area (Å²) in [7, 11) is 3.99. The smallest absolute Gasteiger partial charge is 0.275 e. The number of halogens is 2. The number of rotatable bonds is 8. The first-order valence-electron chi connectivity index (χ1n) is 10.1. The second-order valence-corrected chi connectivity index (χ2v) is 8.63. The van der Waals surface area contributed by atoms with E-state index in [4.69, 9.17) is 23.2 Å². The molecular weight excluding hydrogens is 435 g/mol. The van der Waals surface area contributed by atoms with E-state index in [0.717, 1.165) is 23.9 Å². The second kappa shape index (κ2) is 10.3. The molecule has 0 aliphatic carbocycles. The molecule has 8 heteroatoms. The molecule has 0 N–H and O–H groups in total. The number of fused-ring (bicyclic) bond motifs is 1. The zero-order chi connectivity index (χ0) is 22.5. The van der Waals surface area contributed by atoms with Crippen molar-refractivity contribution in [3.63, 3.8) is 0 Å². The molecular formula is C23H26Cl2N4O2. The summed E-state index contributed by atoms with van der Waals surface area (Å²) in [5.74, 6) is -0.172. The van der Waals surface area contributed by atoms with Gasteiger partial charge >= 0.3 is 0 Å². The van der Waals surface area contributed by atoms with Crippen molar-refractivity contribution >= 4 is 39.9 Å². The minimum absolute atomic E-state index is 0.117. The number of amides is 1. The van der Waals surface area contributed by atoms with Crippen LogP contribution < -0.4 is 5.56 Å². The summed E-state index contributed by atoms with van der Waals surface area (Å²) < 4.78 is 1.26. The van der Waals surface area contributed by atoms with Crippen LogP contribution in [0.4, 0.5) is 0 Å². The fraction of sp³-hybridized carbons (Fsp3) is 0.348. The molecule has 3 rings (SSSR count). The molecule has 0 aliphatic heterocycles. The van der Waals surface area contributed by atoms with Gasteiger partial charge < -0.3 is 9.80 Å². The minimum atomic E-state index is -0.266. The maximum Gasteiger partial charge on any atom is 0.275 e. The molecule has 31 heavy (non-hydrogen) atoms. The van der Waals surface area contributed by atoms with Crippen molar-refractivity contribution in [3.8, 4) is 0 Å². The van der Waals surface area contributed by atoms with E-state index in [9.17, 15) is 9.59 Å². The first-order chi connectivity index (χ1) is 14.8. The summed E-state index contributed by atoms with van der Waals surface area (Å²) >= 11 is 12.2. The van der Waals surface area contributed by atoms with Gasteiger partial charge in [0.05, 0.1) is 21.1 Å². The fourth-order valence-corrected chi connectivity index (χ4v) is 3.79. The molecule has 1 heterocycles. The molecule has 0 fully saturated rings. The van der Waals surface area contributed by atoms with E-state index in [1.165, 1.54) is 4.68 Å². The standard InChI is InChI=1S/C23H26Cl2N4O2/c1-16-18-7-4-5-8-19(18)23(31)29(26-16)15-22(30)28(12-6-11-27(2)3)14-17-9-10-20(24)21(25)13-17/h4-5,7-10,13H,6,11-12,14-15H2,1-3H3. The number of aromatic nitrogens is 2. The molecule has 3 aromatic rings. The Labute approximate surface area is 192 Å². The SMILES string of the molecule is Cc1nn(CC(=O)N(CCCN(C)C)Cc2ccc(Cl)c(Cl)c2)c(=O)c2ccccc12. The highest BCUT2D eigenvalue weighted by molar-refractivity contribution is 6.42. The van der Waals surface area contributed by atoms with E-state index < -0.39 is 0 Å². The van der Waals surface area contributed by atoms with E-state index in [-0.39, 0.29) is 18.0 Å². The Morgan fingerprint density at radius 1 is 1.03 bits per heavy atom. The third-order valence-corrected chi connectivity index (χ3v) is 5.82. The van der Waals surface area contributed by atoms with E-state index in [1.807, 2.05) is 45.3 Å². The number of aryl methyl sites for hydroxylation is 1. The Morgan fingerprint density at radius 3 is 2.42 bits per heavy atom. The van der Waals surface area contributed by atoms with Crippen LogP contribution in [0.25, 0.3) is 10.8 Å². The van der Waals surface area contributed by atoms with Crippen molar-refractivity contribution in [2.75, 3.05) is 27.2 Å². The third kappa shape index (κ3) is 5.85. The number of hydrogen-bond acceptors (Lipinski definition) is 4. The van der Waals surface area contributed by atoms with Gasteiger partial charge in [0.1, 0.15) is 6.54 Å². The molecule has 6 nitrogen and oxygen atoms in total. The predicted octanol–water partition coefficient (Wildman–Crippen LogP) is 3.99. The van der Waals surface area contributed by atoms with Gasteiger partial charge in [-0.3, -0.25) is 9.59 Å². The third-order valence-electron chi connectivity index (χ3n) is 5.08. The highest BCUT2D eigenvalue weighted by Gasteiger charge is 2.18. The Morgan fingerprint density at radius 2 is 1.74 bits per heavy atom. The summed E-state index contributed by atoms with van der Waals surface area (Å²) in [5.41, 5.74) is 1.33. The van der Waals surface area contributed by atoms with Crippen LogP contribution in [-0.4, -0.2) is 52.7 Å². The zero-order valence-electron chi connectivity index (χ0n) is 17.9. The van der Waals surface area contributed by atoms with E-state index in [2.05, 4.69) is 10.00 Å². The molecule has 1 aromatic heterocycles. The van der Waals surface area contributed by atoms with E-state index >= 15 is 0 Å². The first kappa shape index (κ1) is 23.3. The van der Waals surface area contributed by atoms with Gasteiger partial charge in [-0.25, -0.2) is 4.68 Å². The average Bonchev–Trinajstić information content (AvgIpc) is 2.73. The van der Waals surface area contributed by atoms with Crippen molar-refractivity contribution in [3.05, 3.63) is 74.1 Å². The molecule has 164 valence electrons. The van der Waals surface area contributed by atoms with Gasteiger partial charge in [0.15, 0.2) is 0 Å². The van der Waals surface area contributed by atoms with E-state index in [1.54, 1.807) is 23.1 Å². The minimum Gasteiger partial charge on any atom is -0.337 e. The fourth-order valence-electron chi connectivity index (χ4n) is 3.47. The summed E-state index contributed by atoms with van der Waals surface area (Å²) in [6.45, 7) is 3.50. The molecule has 0 unspecified atom stereocenters. The van der Waals surface area contributed by atoms with Crippen molar-refractivity contribution < 1.29 is 4.79 Å². The molecule has 0 spiro atoms. The Hall–Kier alpha value is -2.41. The number of carbonyl (C=O) groups excluding carboxylic acids is 1. The van der Waals surface area contributed by atoms with Crippen LogP contribution in [0.15, 0.2) is 47.3 Å². The average molecular weight is 461 g/mol. The van der Waals surface area contributed by atoms with Gasteiger partial charge in [-0.15, -0.1) is 0 Å². The molecule has 0 saturated heterocycles. The normalized spacial score (nSPS) is 11.3. The Kier molecular flexibility index (Phi) is 7.70. The summed E-state index contributed by atoms with van der Waals surface area (Å²) in [4.78, 5) is 29.9. The van der Waals surface area contributed by atoms with Gasteiger partial charge in [0, 0.05) is 18.5 Å². The lowest BCUT2D eigenvalue weighted by atomic mass is 10.1. The lowest BCUT2D eigenvalue weighted by Crippen LogP contribution is -2.38. The lowest BCUT2D eigenvalue weighted by Gasteiger charge is -2.24. The molecule has 0 aliphatic rings. The van der Waals surface area contributed by atoms with Gasteiger partial charge in [-0.2, -0.15) is 5.10 Å². The van der Waals surface area contributed by atoms with Crippen LogP contribution in [0.3, 0.4) is 0 Å². The largest absolute Gasteiger partial charge is 0.337 e. The summed E-state index contributed by atoms with van der Waals surface area (Å²) in [6, 6.07) is 12.6. The maximum absolute atomic E-state index is 13.2. The van der Waals surface area contributed by atoms with Crippen LogP contribution in [0, 0.1) is 6.92 Å². The van der Waals surface area contributed by atoms with Gasteiger partial charge in [0.25, 0.3) is 5.56 Å². The highest BCUT2D eigenvalue weighted by atomic mass is 35.5. The van der Waals surface area contributed by atoms with Crippen molar-refractivity contribution in [1.82, 2.24) is 19.6 Å². The predicted molar refractivity (Wildman–Crippen MR) is 126 cm³/mol. The monoisotopic (exact) mass is 460 g/mol. The van der Waals surface area contributed by atoms with Crippen LogP contribution in [0.2, 0.25) is 10.0 Å². The lowest BCUT2D eigenvalue weighted by molar-refractivity contribution is -0.132. The topological polar surface area (TPSA) is 58.4 Å². The van der Waals surface area contributed by atoms with Crippen LogP contribution in [0.1, 0.15) is 17.7 Å². The van der Waals surface area contributed by atoms with E-state index in [0.29, 0.717) is 34.2 Å². The van der Waals surface area contributed by atoms with Gasteiger partial charge in [-0.05, 0) is 57.7 Å². The summed E-state index contributed by atoms with van der Waals surface area (Å²) in [5, 5.41) is 6.65. The molecule has 1 amide bonds. The van der Waals surface area contributed by atoms with Crippen LogP contribution in [0.5, 0.6) is 0 Å².